The van der Waals surface area contributed by atoms with E-state index in [1.54, 1.807) is 6.20 Å². The molecule has 0 saturated heterocycles. The van der Waals surface area contributed by atoms with Crippen molar-refractivity contribution in [2.45, 2.75) is 51.9 Å². The van der Waals surface area contributed by atoms with Crippen molar-refractivity contribution in [3.8, 4) is 11.4 Å². The average molecular weight is 283 g/mol. The minimum Gasteiger partial charge on any atom is -0.306 e. The molecule has 4 heteroatoms. The Morgan fingerprint density at radius 1 is 1.33 bits per heavy atom. The molecular weight excluding hydrogens is 262 g/mol. The summed E-state index contributed by atoms with van der Waals surface area (Å²) in [6, 6.07) is 1.94. The molecule has 0 atom stereocenters. The topological polar surface area (TPSA) is 58.6 Å². The van der Waals surface area contributed by atoms with Crippen LogP contribution in [0.4, 0.5) is 0 Å². The second kappa shape index (κ2) is 5.80. The number of hydrogen-bond donors (Lipinski definition) is 1. The standard InChI is InChI=1S/C17H21N3O/c1-3-12-10-18-9-8-14(12)16-19-15(11(2)17(21)20-16)13-6-4-5-7-13/h8-10,13H,3-7H2,1-2H3,(H,19,20,21). The third-order valence-electron chi connectivity index (χ3n) is 4.47. The Morgan fingerprint density at radius 2 is 2.10 bits per heavy atom. The molecule has 0 spiro atoms. The highest BCUT2D eigenvalue weighted by atomic mass is 16.1. The molecule has 0 amide bonds. The summed E-state index contributed by atoms with van der Waals surface area (Å²) in [6.45, 7) is 3.97. The van der Waals surface area contributed by atoms with Gasteiger partial charge in [0.1, 0.15) is 5.82 Å². The molecule has 1 N–H and O–H groups in total. The molecule has 1 aliphatic carbocycles. The summed E-state index contributed by atoms with van der Waals surface area (Å²) in [5.41, 5.74) is 3.86. The van der Waals surface area contributed by atoms with E-state index in [9.17, 15) is 4.79 Å². The fourth-order valence-corrected chi connectivity index (χ4v) is 3.21. The van der Waals surface area contributed by atoms with Gasteiger partial charge in [-0.25, -0.2) is 4.98 Å². The quantitative estimate of drug-likeness (QED) is 0.939. The summed E-state index contributed by atoms with van der Waals surface area (Å²) in [4.78, 5) is 24.2. The average Bonchev–Trinajstić information content (AvgIpc) is 3.04. The van der Waals surface area contributed by atoms with Gasteiger partial charge in [0, 0.05) is 29.4 Å². The number of nitrogens with zero attached hydrogens (tertiary/aromatic N) is 2. The van der Waals surface area contributed by atoms with Crippen LogP contribution in [0.3, 0.4) is 0 Å². The third kappa shape index (κ3) is 2.62. The first-order valence-corrected chi connectivity index (χ1v) is 7.74. The van der Waals surface area contributed by atoms with Gasteiger partial charge in [0.05, 0.1) is 5.69 Å². The van der Waals surface area contributed by atoms with Gasteiger partial charge < -0.3 is 4.98 Å². The van der Waals surface area contributed by atoms with E-state index in [1.165, 1.54) is 12.8 Å². The number of aromatic nitrogens is 3. The van der Waals surface area contributed by atoms with E-state index in [1.807, 2.05) is 19.2 Å². The maximum absolute atomic E-state index is 12.3. The predicted molar refractivity (Wildman–Crippen MR) is 83.4 cm³/mol. The molecule has 2 aromatic rings. The SMILES string of the molecule is CCc1cnccc1-c1nc(C2CCCC2)c(C)c(=O)[nH]1. The van der Waals surface area contributed by atoms with E-state index in [2.05, 4.69) is 16.9 Å². The number of aryl methyl sites for hydroxylation is 1. The first-order chi connectivity index (χ1) is 10.2. The molecular formula is C17H21N3O. The van der Waals surface area contributed by atoms with Gasteiger partial charge >= 0.3 is 0 Å². The number of hydrogen-bond acceptors (Lipinski definition) is 3. The molecule has 21 heavy (non-hydrogen) atoms. The number of rotatable bonds is 3. The van der Waals surface area contributed by atoms with Gasteiger partial charge in [-0.3, -0.25) is 9.78 Å². The summed E-state index contributed by atoms with van der Waals surface area (Å²) in [6.07, 6.45) is 9.25. The van der Waals surface area contributed by atoms with Gasteiger partial charge in [0.25, 0.3) is 5.56 Å². The Bertz CT molecular complexity index is 699. The minimum atomic E-state index is -0.0132. The largest absolute Gasteiger partial charge is 0.306 e. The van der Waals surface area contributed by atoms with Crippen LogP contribution < -0.4 is 5.56 Å². The maximum atomic E-state index is 12.3. The van der Waals surface area contributed by atoms with Gasteiger partial charge in [-0.05, 0) is 37.8 Å². The highest BCUT2D eigenvalue weighted by molar-refractivity contribution is 5.59. The molecule has 0 aliphatic heterocycles. The maximum Gasteiger partial charge on any atom is 0.254 e. The van der Waals surface area contributed by atoms with E-state index in [0.29, 0.717) is 11.7 Å². The van der Waals surface area contributed by atoms with Crippen molar-refractivity contribution in [1.29, 1.82) is 0 Å². The molecule has 2 heterocycles. The molecule has 1 fully saturated rings. The summed E-state index contributed by atoms with van der Waals surface area (Å²) in [5, 5.41) is 0. The molecule has 0 aromatic carbocycles. The van der Waals surface area contributed by atoms with Crippen molar-refractivity contribution in [2.24, 2.45) is 0 Å². The number of nitrogens with one attached hydrogen (secondary N) is 1. The van der Waals surface area contributed by atoms with Crippen LogP contribution >= 0.6 is 0 Å². The highest BCUT2D eigenvalue weighted by Gasteiger charge is 2.22. The number of H-pyrrole nitrogens is 1. The van der Waals surface area contributed by atoms with E-state index >= 15 is 0 Å². The van der Waals surface area contributed by atoms with Crippen LogP contribution in [0.2, 0.25) is 0 Å². The molecule has 1 saturated carbocycles. The molecule has 110 valence electrons. The van der Waals surface area contributed by atoms with Gasteiger partial charge in [0.2, 0.25) is 0 Å². The second-order valence-electron chi connectivity index (χ2n) is 5.79. The van der Waals surface area contributed by atoms with Crippen LogP contribution in [0, 0.1) is 6.92 Å². The summed E-state index contributed by atoms with van der Waals surface area (Å²) in [5.74, 6) is 1.13. The molecule has 3 rings (SSSR count). The Morgan fingerprint density at radius 3 is 2.81 bits per heavy atom. The van der Waals surface area contributed by atoms with Crippen LogP contribution in [0.5, 0.6) is 0 Å². The lowest BCUT2D eigenvalue weighted by atomic mass is 9.99. The van der Waals surface area contributed by atoms with Crippen molar-refractivity contribution >= 4 is 0 Å². The summed E-state index contributed by atoms with van der Waals surface area (Å²) < 4.78 is 0. The van der Waals surface area contributed by atoms with Crippen LogP contribution in [0.25, 0.3) is 11.4 Å². The summed E-state index contributed by atoms with van der Waals surface area (Å²) >= 11 is 0. The van der Waals surface area contributed by atoms with Crippen molar-refractivity contribution in [2.75, 3.05) is 0 Å². The van der Waals surface area contributed by atoms with Gasteiger partial charge in [-0.15, -0.1) is 0 Å². The van der Waals surface area contributed by atoms with Crippen molar-refractivity contribution in [3.63, 3.8) is 0 Å². The third-order valence-corrected chi connectivity index (χ3v) is 4.47. The van der Waals surface area contributed by atoms with Crippen LogP contribution in [-0.2, 0) is 6.42 Å². The van der Waals surface area contributed by atoms with E-state index in [-0.39, 0.29) is 5.56 Å². The fraction of sp³-hybridized carbons (Fsp3) is 0.471. The molecule has 4 nitrogen and oxygen atoms in total. The Labute approximate surface area is 124 Å². The van der Waals surface area contributed by atoms with Crippen LogP contribution in [-0.4, -0.2) is 15.0 Å². The minimum absolute atomic E-state index is 0.0132. The van der Waals surface area contributed by atoms with E-state index in [0.717, 1.165) is 41.6 Å². The van der Waals surface area contributed by atoms with Crippen LogP contribution in [0.15, 0.2) is 23.3 Å². The predicted octanol–water partition coefficient (Wildman–Crippen LogP) is 3.36. The zero-order valence-electron chi connectivity index (χ0n) is 12.6. The smallest absolute Gasteiger partial charge is 0.254 e. The zero-order valence-corrected chi connectivity index (χ0v) is 12.6. The first-order valence-electron chi connectivity index (χ1n) is 7.74. The fourth-order valence-electron chi connectivity index (χ4n) is 3.21. The molecule has 1 aliphatic rings. The normalized spacial score (nSPS) is 15.5. The van der Waals surface area contributed by atoms with E-state index in [4.69, 9.17) is 4.98 Å². The lowest BCUT2D eigenvalue weighted by Crippen LogP contribution is -2.18. The van der Waals surface area contributed by atoms with Crippen LogP contribution in [0.1, 0.15) is 55.3 Å². The monoisotopic (exact) mass is 283 g/mol. The Hall–Kier alpha value is -1.97. The molecule has 0 bridgehead atoms. The van der Waals surface area contributed by atoms with Crippen molar-refractivity contribution in [1.82, 2.24) is 15.0 Å². The summed E-state index contributed by atoms with van der Waals surface area (Å²) in [7, 11) is 0. The first kappa shape index (κ1) is 14.0. The lowest BCUT2D eigenvalue weighted by molar-refractivity contribution is 0.685. The zero-order chi connectivity index (χ0) is 14.8. The van der Waals surface area contributed by atoms with Crippen molar-refractivity contribution in [3.05, 3.63) is 45.6 Å². The molecule has 0 unspecified atom stereocenters. The molecule has 2 aromatic heterocycles. The van der Waals surface area contributed by atoms with Crippen molar-refractivity contribution < 1.29 is 0 Å². The number of aromatic amines is 1. The van der Waals surface area contributed by atoms with Gasteiger partial charge in [-0.1, -0.05) is 19.8 Å². The Balaban J connectivity index is 2.13. The van der Waals surface area contributed by atoms with Gasteiger partial charge in [0.15, 0.2) is 0 Å². The van der Waals surface area contributed by atoms with Gasteiger partial charge in [-0.2, -0.15) is 0 Å². The van der Waals surface area contributed by atoms with E-state index < -0.39 is 0 Å². The number of pyridine rings is 1. The highest BCUT2D eigenvalue weighted by Crippen LogP contribution is 2.34. The molecule has 0 radical (unpaired) electrons. The second-order valence-corrected chi connectivity index (χ2v) is 5.79. The Kier molecular flexibility index (Phi) is 3.86. The lowest BCUT2D eigenvalue weighted by Gasteiger charge is -2.14.